The van der Waals surface area contributed by atoms with Crippen LogP contribution in [0.5, 0.6) is 0 Å². The van der Waals surface area contributed by atoms with Crippen LogP contribution in [-0.4, -0.2) is 26.5 Å². The van der Waals surface area contributed by atoms with E-state index in [0.29, 0.717) is 13.0 Å². The summed E-state index contributed by atoms with van der Waals surface area (Å²) in [5.74, 6) is 0.729. The molecule has 0 aliphatic rings. The topological polar surface area (TPSA) is 85.8 Å². The number of amides is 1. The Bertz CT molecular complexity index is 536. The molecule has 0 bridgehead atoms. The first-order chi connectivity index (χ1) is 9.15. The Balaban J connectivity index is 1.98. The highest BCUT2D eigenvalue weighted by Gasteiger charge is 2.05. The molecule has 0 saturated heterocycles. The lowest BCUT2D eigenvalue weighted by atomic mass is 10.2. The summed E-state index contributed by atoms with van der Waals surface area (Å²) in [4.78, 5) is 19.7. The van der Waals surface area contributed by atoms with Gasteiger partial charge in [-0.05, 0) is 24.6 Å². The van der Waals surface area contributed by atoms with Gasteiger partial charge >= 0.3 is 0 Å². The number of carbonyl (C=O) groups excluding carboxylic acids is 1. The van der Waals surface area contributed by atoms with Crippen molar-refractivity contribution in [1.29, 1.82) is 0 Å². The van der Waals surface area contributed by atoms with Gasteiger partial charge in [-0.1, -0.05) is 0 Å². The molecule has 0 saturated carbocycles. The predicted molar refractivity (Wildman–Crippen MR) is 71.5 cm³/mol. The summed E-state index contributed by atoms with van der Waals surface area (Å²) in [5.41, 5.74) is 6.55. The average Bonchev–Trinajstić information content (AvgIpc) is 2.90. The summed E-state index contributed by atoms with van der Waals surface area (Å²) in [6.45, 7) is 2.28. The molecule has 0 aliphatic heterocycles. The lowest BCUT2D eigenvalue weighted by Crippen LogP contribution is -2.29. The lowest BCUT2D eigenvalue weighted by Gasteiger charge is -2.08. The van der Waals surface area contributed by atoms with Crippen molar-refractivity contribution in [2.45, 2.75) is 25.9 Å². The number of hydrogen-bond acceptors (Lipinski definition) is 4. The first-order valence-corrected chi connectivity index (χ1v) is 6.10. The summed E-state index contributed by atoms with van der Waals surface area (Å²) < 4.78 is 1.81. The summed E-state index contributed by atoms with van der Waals surface area (Å²) in [5, 5.41) is 2.83. The number of imidazole rings is 1. The standard InChI is InChI=1S/C13H17N5O/c1-10(14)6-13(19)17-8-11-2-3-16-12(7-11)18-5-4-15-9-18/h2-5,7,9-10H,6,8,14H2,1H3,(H,17,19). The van der Waals surface area contributed by atoms with Crippen molar-refractivity contribution in [2.24, 2.45) is 5.73 Å². The van der Waals surface area contributed by atoms with Gasteiger partial charge in [-0.25, -0.2) is 9.97 Å². The highest BCUT2D eigenvalue weighted by Crippen LogP contribution is 2.06. The number of hydrogen-bond donors (Lipinski definition) is 2. The zero-order chi connectivity index (χ0) is 13.7. The summed E-state index contributed by atoms with van der Waals surface area (Å²) in [6.07, 6.45) is 7.24. The number of rotatable bonds is 5. The Morgan fingerprint density at radius 3 is 3.05 bits per heavy atom. The van der Waals surface area contributed by atoms with Crippen molar-refractivity contribution in [2.75, 3.05) is 0 Å². The monoisotopic (exact) mass is 259 g/mol. The average molecular weight is 259 g/mol. The minimum absolute atomic E-state index is 0.0454. The smallest absolute Gasteiger partial charge is 0.221 e. The normalized spacial score (nSPS) is 12.1. The first-order valence-electron chi connectivity index (χ1n) is 6.10. The van der Waals surface area contributed by atoms with Crippen LogP contribution in [0, 0.1) is 0 Å². The maximum absolute atomic E-state index is 11.5. The Morgan fingerprint density at radius 2 is 2.37 bits per heavy atom. The Hall–Kier alpha value is -2.21. The fourth-order valence-corrected chi connectivity index (χ4v) is 1.67. The molecule has 2 heterocycles. The van der Waals surface area contributed by atoms with Crippen LogP contribution in [0.4, 0.5) is 0 Å². The molecule has 0 fully saturated rings. The molecular weight excluding hydrogens is 242 g/mol. The maximum atomic E-state index is 11.5. The van der Waals surface area contributed by atoms with E-state index in [-0.39, 0.29) is 11.9 Å². The van der Waals surface area contributed by atoms with E-state index in [0.717, 1.165) is 11.4 Å². The molecule has 0 aromatic carbocycles. The van der Waals surface area contributed by atoms with E-state index < -0.39 is 0 Å². The molecule has 2 rings (SSSR count). The van der Waals surface area contributed by atoms with E-state index in [9.17, 15) is 4.79 Å². The Morgan fingerprint density at radius 1 is 1.53 bits per heavy atom. The van der Waals surface area contributed by atoms with Crippen molar-refractivity contribution < 1.29 is 4.79 Å². The van der Waals surface area contributed by atoms with Crippen molar-refractivity contribution in [3.05, 3.63) is 42.6 Å². The zero-order valence-corrected chi connectivity index (χ0v) is 10.8. The van der Waals surface area contributed by atoms with Crippen LogP contribution in [0.2, 0.25) is 0 Å². The number of nitrogens with two attached hydrogens (primary N) is 1. The quantitative estimate of drug-likeness (QED) is 0.824. The summed E-state index contributed by atoms with van der Waals surface area (Å²) in [7, 11) is 0. The second-order valence-corrected chi connectivity index (χ2v) is 4.45. The summed E-state index contributed by atoms with van der Waals surface area (Å²) >= 11 is 0. The molecule has 6 nitrogen and oxygen atoms in total. The van der Waals surface area contributed by atoms with Crippen LogP contribution in [-0.2, 0) is 11.3 Å². The van der Waals surface area contributed by atoms with Gasteiger partial charge in [0.2, 0.25) is 5.91 Å². The van der Waals surface area contributed by atoms with Crippen molar-refractivity contribution in [3.8, 4) is 5.82 Å². The van der Waals surface area contributed by atoms with E-state index in [1.807, 2.05) is 29.8 Å². The fourth-order valence-electron chi connectivity index (χ4n) is 1.67. The number of pyridine rings is 1. The number of nitrogens with zero attached hydrogens (tertiary/aromatic N) is 3. The minimum Gasteiger partial charge on any atom is -0.352 e. The molecule has 6 heteroatoms. The van der Waals surface area contributed by atoms with Crippen molar-refractivity contribution in [3.63, 3.8) is 0 Å². The molecule has 0 spiro atoms. The highest BCUT2D eigenvalue weighted by atomic mass is 16.1. The van der Waals surface area contributed by atoms with Gasteiger partial charge in [0.25, 0.3) is 0 Å². The van der Waals surface area contributed by atoms with Gasteiger partial charge < -0.3 is 11.1 Å². The van der Waals surface area contributed by atoms with Gasteiger partial charge in [-0.15, -0.1) is 0 Å². The summed E-state index contributed by atoms with van der Waals surface area (Å²) in [6, 6.07) is 3.65. The van der Waals surface area contributed by atoms with Crippen LogP contribution >= 0.6 is 0 Å². The lowest BCUT2D eigenvalue weighted by molar-refractivity contribution is -0.121. The molecular formula is C13H17N5O. The van der Waals surface area contributed by atoms with Gasteiger partial charge in [0.1, 0.15) is 12.1 Å². The van der Waals surface area contributed by atoms with Crippen LogP contribution in [0.1, 0.15) is 18.9 Å². The van der Waals surface area contributed by atoms with E-state index in [1.165, 1.54) is 0 Å². The predicted octanol–water partition coefficient (Wildman–Crippen LogP) is 0.621. The molecule has 2 aromatic heterocycles. The largest absolute Gasteiger partial charge is 0.352 e. The molecule has 3 N–H and O–H groups in total. The zero-order valence-electron chi connectivity index (χ0n) is 10.8. The molecule has 0 radical (unpaired) electrons. The third-order valence-electron chi connectivity index (χ3n) is 2.58. The number of nitrogens with one attached hydrogen (secondary N) is 1. The number of carbonyl (C=O) groups is 1. The van der Waals surface area contributed by atoms with Gasteiger partial charge in [0, 0.05) is 37.6 Å². The SMILES string of the molecule is CC(N)CC(=O)NCc1ccnc(-n2ccnc2)c1. The number of aromatic nitrogens is 3. The minimum atomic E-state index is -0.126. The Labute approximate surface area is 111 Å². The van der Waals surface area contributed by atoms with Gasteiger partial charge in [0.15, 0.2) is 0 Å². The molecule has 1 unspecified atom stereocenters. The van der Waals surface area contributed by atoms with Crippen LogP contribution in [0.3, 0.4) is 0 Å². The second kappa shape index (κ2) is 6.10. The molecule has 1 atom stereocenters. The van der Waals surface area contributed by atoms with Gasteiger partial charge in [-0.3, -0.25) is 9.36 Å². The van der Waals surface area contributed by atoms with Crippen LogP contribution in [0.25, 0.3) is 5.82 Å². The van der Waals surface area contributed by atoms with Gasteiger partial charge in [-0.2, -0.15) is 0 Å². The molecule has 0 aliphatic carbocycles. The molecule has 2 aromatic rings. The van der Waals surface area contributed by atoms with Crippen LogP contribution < -0.4 is 11.1 Å². The Kier molecular flexibility index (Phi) is 4.25. The second-order valence-electron chi connectivity index (χ2n) is 4.45. The van der Waals surface area contributed by atoms with E-state index in [2.05, 4.69) is 15.3 Å². The van der Waals surface area contributed by atoms with E-state index in [4.69, 9.17) is 5.73 Å². The van der Waals surface area contributed by atoms with Crippen molar-refractivity contribution >= 4 is 5.91 Å². The first kappa shape index (κ1) is 13.2. The van der Waals surface area contributed by atoms with Crippen LogP contribution in [0.15, 0.2) is 37.1 Å². The van der Waals surface area contributed by atoms with Crippen molar-refractivity contribution in [1.82, 2.24) is 19.9 Å². The third-order valence-corrected chi connectivity index (χ3v) is 2.58. The molecule has 1 amide bonds. The van der Waals surface area contributed by atoms with E-state index in [1.54, 1.807) is 18.7 Å². The molecule has 19 heavy (non-hydrogen) atoms. The third kappa shape index (κ3) is 3.89. The van der Waals surface area contributed by atoms with E-state index >= 15 is 0 Å². The highest BCUT2D eigenvalue weighted by molar-refractivity contribution is 5.76. The molecule has 100 valence electrons. The van der Waals surface area contributed by atoms with Gasteiger partial charge in [0.05, 0.1) is 0 Å². The maximum Gasteiger partial charge on any atom is 0.221 e. The fraction of sp³-hybridized carbons (Fsp3) is 0.308.